The molecule has 5 heteroatoms. The van der Waals surface area contributed by atoms with E-state index in [2.05, 4.69) is 5.32 Å². The van der Waals surface area contributed by atoms with Gasteiger partial charge < -0.3 is 14.5 Å². The Balaban J connectivity index is 2.07. The van der Waals surface area contributed by atoms with Crippen LogP contribution in [0.2, 0.25) is 5.02 Å². The Morgan fingerprint density at radius 1 is 1.30 bits per heavy atom. The molecule has 0 unspecified atom stereocenters. The molecular formula is C15H16ClNO3. The van der Waals surface area contributed by atoms with E-state index < -0.39 is 0 Å². The second-order valence-electron chi connectivity index (χ2n) is 4.48. The molecule has 20 heavy (non-hydrogen) atoms. The van der Waals surface area contributed by atoms with Gasteiger partial charge in [-0.2, -0.15) is 0 Å². The van der Waals surface area contributed by atoms with E-state index in [-0.39, 0.29) is 18.1 Å². The zero-order chi connectivity index (χ0) is 14.5. The summed E-state index contributed by atoms with van der Waals surface area (Å²) >= 11 is 5.87. The van der Waals surface area contributed by atoms with Gasteiger partial charge in [0.25, 0.3) is 5.91 Å². The molecule has 1 N–H and O–H groups in total. The van der Waals surface area contributed by atoms with E-state index in [0.29, 0.717) is 10.6 Å². The fourth-order valence-electron chi connectivity index (χ4n) is 2.04. The maximum atomic E-state index is 12.0. The van der Waals surface area contributed by atoms with Crippen LogP contribution in [-0.4, -0.2) is 19.1 Å². The largest absolute Gasteiger partial charge is 0.472 e. The molecule has 2 aromatic rings. The predicted molar refractivity (Wildman–Crippen MR) is 76.8 cm³/mol. The summed E-state index contributed by atoms with van der Waals surface area (Å²) in [5, 5.41) is 3.55. The predicted octanol–water partition coefficient (Wildman–Crippen LogP) is 3.44. The maximum absolute atomic E-state index is 12.0. The summed E-state index contributed by atoms with van der Waals surface area (Å²) in [6, 6.07) is 8.80. The van der Waals surface area contributed by atoms with Gasteiger partial charge in [-0.3, -0.25) is 4.79 Å². The summed E-state index contributed by atoms with van der Waals surface area (Å²) in [4.78, 5) is 12.0. The van der Waals surface area contributed by atoms with Gasteiger partial charge in [-0.05, 0) is 30.7 Å². The first-order valence-corrected chi connectivity index (χ1v) is 6.61. The van der Waals surface area contributed by atoms with Crippen LogP contribution in [0.25, 0.3) is 0 Å². The number of carbonyl (C=O) groups is 1. The van der Waals surface area contributed by atoms with Gasteiger partial charge in [0.2, 0.25) is 0 Å². The Bertz CT molecular complexity index is 551. The molecule has 0 aliphatic heterocycles. The lowest BCUT2D eigenvalue weighted by Crippen LogP contribution is -2.37. The third kappa shape index (κ3) is 3.40. The number of hydrogen-bond acceptors (Lipinski definition) is 3. The summed E-state index contributed by atoms with van der Waals surface area (Å²) < 4.78 is 10.4. The SMILES string of the molecule is CO[C@@H](c1ccc(Cl)cc1)[C@@H](C)NC(=O)c1ccoc1. The molecule has 2 atom stereocenters. The van der Waals surface area contributed by atoms with Crippen LogP contribution in [-0.2, 0) is 4.74 Å². The standard InChI is InChI=1S/C15H16ClNO3/c1-10(17-15(18)12-7-8-20-9-12)14(19-2)11-3-5-13(16)6-4-11/h3-10,14H,1-2H3,(H,17,18)/t10-,14-/m1/s1. The van der Waals surface area contributed by atoms with E-state index in [9.17, 15) is 4.79 Å². The lowest BCUT2D eigenvalue weighted by atomic mass is 10.0. The van der Waals surface area contributed by atoms with Crippen LogP contribution in [0.4, 0.5) is 0 Å². The molecule has 0 spiro atoms. The van der Waals surface area contributed by atoms with E-state index in [1.54, 1.807) is 25.3 Å². The average molecular weight is 294 g/mol. The minimum atomic E-state index is -0.247. The maximum Gasteiger partial charge on any atom is 0.254 e. The number of rotatable bonds is 5. The lowest BCUT2D eigenvalue weighted by Gasteiger charge is -2.24. The first-order valence-electron chi connectivity index (χ1n) is 6.23. The monoisotopic (exact) mass is 293 g/mol. The van der Waals surface area contributed by atoms with Crippen LogP contribution < -0.4 is 5.32 Å². The van der Waals surface area contributed by atoms with Crippen molar-refractivity contribution >= 4 is 17.5 Å². The molecular weight excluding hydrogens is 278 g/mol. The molecule has 1 aromatic heterocycles. The van der Waals surface area contributed by atoms with Crippen molar-refractivity contribution < 1.29 is 13.9 Å². The van der Waals surface area contributed by atoms with Crippen molar-refractivity contribution in [3.8, 4) is 0 Å². The fourth-order valence-corrected chi connectivity index (χ4v) is 2.17. The molecule has 4 nitrogen and oxygen atoms in total. The number of methoxy groups -OCH3 is 1. The van der Waals surface area contributed by atoms with Gasteiger partial charge in [0.05, 0.1) is 17.9 Å². The van der Waals surface area contributed by atoms with Crippen molar-refractivity contribution in [3.63, 3.8) is 0 Å². The van der Waals surface area contributed by atoms with Crippen molar-refractivity contribution in [2.45, 2.75) is 19.1 Å². The summed E-state index contributed by atoms with van der Waals surface area (Å²) in [6.45, 7) is 1.89. The minimum Gasteiger partial charge on any atom is -0.472 e. The summed E-state index contributed by atoms with van der Waals surface area (Å²) in [6.07, 6.45) is 2.63. The van der Waals surface area contributed by atoms with Crippen molar-refractivity contribution in [1.29, 1.82) is 0 Å². The number of amides is 1. The van der Waals surface area contributed by atoms with E-state index >= 15 is 0 Å². The van der Waals surface area contributed by atoms with Gasteiger partial charge >= 0.3 is 0 Å². The Kier molecular flexibility index (Phi) is 4.82. The fraction of sp³-hybridized carbons (Fsp3) is 0.267. The molecule has 1 heterocycles. The van der Waals surface area contributed by atoms with Gasteiger partial charge in [0, 0.05) is 12.1 Å². The second-order valence-corrected chi connectivity index (χ2v) is 4.92. The van der Waals surface area contributed by atoms with Crippen molar-refractivity contribution in [2.24, 2.45) is 0 Å². The highest BCUT2D eigenvalue weighted by atomic mass is 35.5. The van der Waals surface area contributed by atoms with Crippen LogP contribution in [0.3, 0.4) is 0 Å². The summed E-state index contributed by atoms with van der Waals surface area (Å²) in [5.74, 6) is -0.192. The molecule has 0 aliphatic rings. The van der Waals surface area contributed by atoms with E-state index in [1.165, 1.54) is 12.5 Å². The number of benzene rings is 1. The van der Waals surface area contributed by atoms with Crippen LogP contribution >= 0.6 is 11.6 Å². The number of hydrogen-bond donors (Lipinski definition) is 1. The molecule has 1 aromatic carbocycles. The van der Waals surface area contributed by atoms with Crippen LogP contribution in [0.15, 0.2) is 47.3 Å². The number of furan rings is 1. The Morgan fingerprint density at radius 2 is 2.00 bits per heavy atom. The van der Waals surface area contributed by atoms with Gasteiger partial charge in [-0.25, -0.2) is 0 Å². The molecule has 0 radical (unpaired) electrons. The van der Waals surface area contributed by atoms with E-state index in [1.807, 2.05) is 19.1 Å². The highest BCUT2D eigenvalue weighted by Gasteiger charge is 2.21. The average Bonchev–Trinajstić information content (AvgIpc) is 2.96. The van der Waals surface area contributed by atoms with Gasteiger partial charge in [-0.15, -0.1) is 0 Å². The van der Waals surface area contributed by atoms with Gasteiger partial charge in [0.1, 0.15) is 12.4 Å². The van der Waals surface area contributed by atoms with Crippen molar-refractivity contribution in [2.75, 3.05) is 7.11 Å². The van der Waals surface area contributed by atoms with Crippen LogP contribution in [0, 0.1) is 0 Å². The van der Waals surface area contributed by atoms with E-state index in [4.69, 9.17) is 20.8 Å². The third-order valence-electron chi connectivity index (χ3n) is 3.05. The molecule has 1 amide bonds. The summed E-state index contributed by atoms with van der Waals surface area (Å²) in [5.41, 5.74) is 1.44. The zero-order valence-corrected chi connectivity index (χ0v) is 12.1. The molecule has 0 fully saturated rings. The normalized spacial score (nSPS) is 13.8. The number of carbonyl (C=O) groups excluding carboxylic acids is 1. The van der Waals surface area contributed by atoms with Crippen LogP contribution in [0.1, 0.15) is 28.9 Å². The molecule has 2 rings (SSSR count). The molecule has 0 saturated carbocycles. The second kappa shape index (κ2) is 6.59. The van der Waals surface area contributed by atoms with Gasteiger partial charge in [0.15, 0.2) is 0 Å². The highest BCUT2D eigenvalue weighted by Crippen LogP contribution is 2.22. The Labute approximate surface area is 122 Å². The minimum absolute atomic E-state index is 0.191. The molecule has 106 valence electrons. The van der Waals surface area contributed by atoms with Crippen molar-refractivity contribution in [1.82, 2.24) is 5.32 Å². The topological polar surface area (TPSA) is 51.5 Å². The first-order chi connectivity index (χ1) is 9.61. The molecule has 0 aliphatic carbocycles. The number of halogens is 1. The Hall–Kier alpha value is -1.78. The van der Waals surface area contributed by atoms with Crippen LogP contribution in [0.5, 0.6) is 0 Å². The van der Waals surface area contributed by atoms with Crippen molar-refractivity contribution in [3.05, 3.63) is 59.0 Å². The Morgan fingerprint density at radius 3 is 2.55 bits per heavy atom. The first kappa shape index (κ1) is 14.6. The summed E-state index contributed by atoms with van der Waals surface area (Å²) in [7, 11) is 1.61. The molecule has 0 bridgehead atoms. The quantitative estimate of drug-likeness (QED) is 0.919. The highest BCUT2D eigenvalue weighted by molar-refractivity contribution is 6.30. The van der Waals surface area contributed by atoms with Gasteiger partial charge in [-0.1, -0.05) is 23.7 Å². The zero-order valence-electron chi connectivity index (χ0n) is 11.3. The lowest BCUT2D eigenvalue weighted by molar-refractivity contribution is 0.0644. The smallest absolute Gasteiger partial charge is 0.254 e. The number of nitrogens with one attached hydrogen (secondary N) is 1. The molecule has 0 saturated heterocycles. The number of ether oxygens (including phenoxy) is 1. The van der Waals surface area contributed by atoms with E-state index in [0.717, 1.165) is 5.56 Å². The third-order valence-corrected chi connectivity index (χ3v) is 3.30.